The van der Waals surface area contributed by atoms with Gasteiger partial charge in [-0.25, -0.2) is 4.98 Å². The highest BCUT2D eigenvalue weighted by Crippen LogP contribution is 2.32. The van der Waals surface area contributed by atoms with Crippen LogP contribution in [0.1, 0.15) is 0 Å². The molecule has 0 saturated carbocycles. The van der Waals surface area contributed by atoms with E-state index in [1.165, 1.54) is 0 Å². The van der Waals surface area contributed by atoms with Gasteiger partial charge in [0.2, 0.25) is 0 Å². The lowest BCUT2D eigenvalue weighted by molar-refractivity contribution is 0.475. The third kappa shape index (κ3) is 3.46. The summed E-state index contributed by atoms with van der Waals surface area (Å²) in [5.41, 5.74) is 5.64. The predicted molar refractivity (Wildman–Crippen MR) is 107 cm³/mol. The van der Waals surface area contributed by atoms with Crippen molar-refractivity contribution in [2.75, 3.05) is 0 Å². The van der Waals surface area contributed by atoms with E-state index in [1.54, 1.807) is 12.1 Å². The zero-order chi connectivity index (χ0) is 17.9. The van der Waals surface area contributed by atoms with E-state index in [0.29, 0.717) is 5.02 Å². The van der Waals surface area contributed by atoms with Gasteiger partial charge >= 0.3 is 0 Å². The number of aromatic nitrogens is 1. The second kappa shape index (κ2) is 7.03. The van der Waals surface area contributed by atoms with Crippen LogP contribution >= 0.6 is 11.6 Å². The van der Waals surface area contributed by atoms with E-state index in [9.17, 15) is 5.11 Å². The Balaban J connectivity index is 1.93. The highest BCUT2D eigenvalue weighted by molar-refractivity contribution is 6.30. The number of pyridine rings is 1. The van der Waals surface area contributed by atoms with Crippen LogP contribution in [0.4, 0.5) is 0 Å². The molecule has 0 saturated heterocycles. The summed E-state index contributed by atoms with van der Waals surface area (Å²) in [6.07, 6.45) is 0. The molecule has 0 radical (unpaired) electrons. The van der Waals surface area contributed by atoms with Crippen molar-refractivity contribution in [3.05, 3.63) is 96.0 Å². The Labute approximate surface area is 157 Å². The Morgan fingerprint density at radius 2 is 1.23 bits per heavy atom. The Morgan fingerprint density at radius 3 is 1.96 bits per heavy atom. The summed E-state index contributed by atoms with van der Waals surface area (Å²) in [6, 6.07) is 29.0. The van der Waals surface area contributed by atoms with Crippen molar-refractivity contribution in [3.8, 4) is 39.4 Å². The molecule has 2 nitrogen and oxygen atoms in total. The maximum atomic E-state index is 9.85. The van der Waals surface area contributed by atoms with E-state index in [-0.39, 0.29) is 5.75 Å². The molecule has 0 amide bonds. The quantitative estimate of drug-likeness (QED) is 0.457. The maximum Gasteiger partial charge on any atom is 0.116 e. The summed E-state index contributed by atoms with van der Waals surface area (Å²) in [5.74, 6) is 0.241. The number of benzene rings is 3. The highest BCUT2D eigenvalue weighted by Gasteiger charge is 2.09. The minimum absolute atomic E-state index is 0.241. The summed E-state index contributed by atoms with van der Waals surface area (Å²) in [6.45, 7) is 0. The van der Waals surface area contributed by atoms with Gasteiger partial charge in [0.15, 0.2) is 0 Å². The molecule has 1 heterocycles. The molecular weight excluding hydrogens is 342 g/mol. The first-order valence-electron chi connectivity index (χ1n) is 8.32. The van der Waals surface area contributed by atoms with E-state index >= 15 is 0 Å². The monoisotopic (exact) mass is 357 g/mol. The fourth-order valence-corrected chi connectivity index (χ4v) is 3.13. The maximum absolute atomic E-state index is 9.85. The number of phenols is 1. The van der Waals surface area contributed by atoms with Crippen molar-refractivity contribution in [3.63, 3.8) is 0 Å². The molecule has 0 fully saturated rings. The van der Waals surface area contributed by atoms with Crippen LogP contribution in [0.2, 0.25) is 5.02 Å². The standard InChI is InChI=1S/C23H16ClNO/c24-20-10-4-9-18(12-20)23-15-19(17-8-5-11-21(26)13-17)14-22(25-23)16-6-2-1-3-7-16/h1-15,26H. The molecule has 3 aromatic carbocycles. The van der Waals surface area contributed by atoms with Crippen LogP contribution < -0.4 is 0 Å². The van der Waals surface area contributed by atoms with Gasteiger partial charge in [-0.3, -0.25) is 0 Å². The molecule has 0 bridgehead atoms. The van der Waals surface area contributed by atoms with Crippen LogP contribution in [0.5, 0.6) is 5.75 Å². The summed E-state index contributed by atoms with van der Waals surface area (Å²) in [4.78, 5) is 4.84. The molecule has 26 heavy (non-hydrogen) atoms. The number of hydrogen-bond acceptors (Lipinski definition) is 2. The number of hydrogen-bond donors (Lipinski definition) is 1. The van der Waals surface area contributed by atoms with E-state index in [0.717, 1.165) is 33.6 Å². The Hall–Kier alpha value is -3.10. The number of halogens is 1. The van der Waals surface area contributed by atoms with Crippen LogP contribution in [0, 0.1) is 0 Å². The van der Waals surface area contributed by atoms with Gasteiger partial charge in [0.25, 0.3) is 0 Å². The molecule has 1 aromatic heterocycles. The van der Waals surface area contributed by atoms with Crippen molar-refractivity contribution in [2.45, 2.75) is 0 Å². The lowest BCUT2D eigenvalue weighted by atomic mass is 10.00. The molecule has 4 aromatic rings. The molecule has 1 N–H and O–H groups in total. The molecule has 126 valence electrons. The van der Waals surface area contributed by atoms with Gasteiger partial charge in [-0.05, 0) is 47.5 Å². The van der Waals surface area contributed by atoms with Gasteiger partial charge in [-0.2, -0.15) is 0 Å². The van der Waals surface area contributed by atoms with Crippen molar-refractivity contribution in [2.24, 2.45) is 0 Å². The van der Waals surface area contributed by atoms with Crippen LogP contribution in [0.15, 0.2) is 91.0 Å². The number of phenolic OH excluding ortho intramolecular Hbond substituents is 1. The Kier molecular flexibility index (Phi) is 4.42. The van der Waals surface area contributed by atoms with Gasteiger partial charge in [0, 0.05) is 16.1 Å². The molecular formula is C23H16ClNO. The smallest absolute Gasteiger partial charge is 0.116 e. The van der Waals surface area contributed by atoms with Crippen molar-refractivity contribution in [1.29, 1.82) is 0 Å². The number of rotatable bonds is 3. The molecule has 0 aliphatic heterocycles. The second-order valence-corrected chi connectivity index (χ2v) is 6.49. The molecule has 3 heteroatoms. The SMILES string of the molecule is Oc1cccc(-c2cc(-c3ccccc3)nc(-c3cccc(Cl)c3)c2)c1. The topological polar surface area (TPSA) is 33.1 Å². The molecule has 0 spiro atoms. The largest absolute Gasteiger partial charge is 0.508 e. The third-order valence-corrected chi connectivity index (χ3v) is 4.43. The van der Waals surface area contributed by atoms with Crippen molar-refractivity contribution in [1.82, 2.24) is 4.98 Å². The lowest BCUT2D eigenvalue weighted by Gasteiger charge is -2.11. The van der Waals surface area contributed by atoms with E-state index < -0.39 is 0 Å². The van der Waals surface area contributed by atoms with Gasteiger partial charge in [-0.1, -0.05) is 66.2 Å². The minimum Gasteiger partial charge on any atom is -0.508 e. The van der Waals surface area contributed by atoms with Crippen LogP contribution in [-0.4, -0.2) is 10.1 Å². The zero-order valence-corrected chi connectivity index (χ0v) is 14.7. The fourth-order valence-electron chi connectivity index (χ4n) is 2.94. The van der Waals surface area contributed by atoms with Gasteiger partial charge in [-0.15, -0.1) is 0 Å². The number of nitrogens with zero attached hydrogens (tertiary/aromatic N) is 1. The Bertz CT molecular complexity index is 997. The number of aromatic hydroxyl groups is 1. The van der Waals surface area contributed by atoms with Crippen LogP contribution in [0.3, 0.4) is 0 Å². The highest BCUT2D eigenvalue weighted by atomic mass is 35.5. The summed E-state index contributed by atoms with van der Waals surface area (Å²) in [7, 11) is 0. The van der Waals surface area contributed by atoms with Crippen LogP contribution in [-0.2, 0) is 0 Å². The van der Waals surface area contributed by atoms with Crippen molar-refractivity contribution < 1.29 is 5.11 Å². The van der Waals surface area contributed by atoms with Gasteiger partial charge in [0.05, 0.1) is 11.4 Å². The average molecular weight is 358 g/mol. The van der Waals surface area contributed by atoms with Crippen LogP contribution in [0.25, 0.3) is 33.6 Å². The molecule has 0 aliphatic rings. The average Bonchev–Trinajstić information content (AvgIpc) is 2.68. The zero-order valence-electron chi connectivity index (χ0n) is 13.9. The summed E-state index contributed by atoms with van der Waals surface area (Å²) in [5, 5.41) is 10.5. The third-order valence-electron chi connectivity index (χ3n) is 4.19. The van der Waals surface area contributed by atoms with Gasteiger partial charge in [0.1, 0.15) is 5.75 Å². The Morgan fingerprint density at radius 1 is 0.577 bits per heavy atom. The molecule has 0 atom stereocenters. The fraction of sp³-hybridized carbons (Fsp3) is 0. The minimum atomic E-state index is 0.241. The van der Waals surface area contributed by atoms with E-state index in [2.05, 4.69) is 0 Å². The molecule has 0 unspecified atom stereocenters. The second-order valence-electron chi connectivity index (χ2n) is 6.05. The first-order valence-corrected chi connectivity index (χ1v) is 8.70. The predicted octanol–water partition coefficient (Wildman–Crippen LogP) is 6.44. The normalized spacial score (nSPS) is 10.7. The first kappa shape index (κ1) is 16.4. The lowest BCUT2D eigenvalue weighted by Crippen LogP contribution is -1.91. The summed E-state index contributed by atoms with van der Waals surface area (Å²) < 4.78 is 0. The first-order chi connectivity index (χ1) is 12.7. The van der Waals surface area contributed by atoms with E-state index in [4.69, 9.17) is 16.6 Å². The van der Waals surface area contributed by atoms with E-state index in [1.807, 2.05) is 78.9 Å². The summed E-state index contributed by atoms with van der Waals surface area (Å²) >= 11 is 6.17. The molecule has 0 aliphatic carbocycles. The van der Waals surface area contributed by atoms with Crippen molar-refractivity contribution >= 4 is 11.6 Å². The van der Waals surface area contributed by atoms with Gasteiger partial charge < -0.3 is 5.11 Å². The molecule has 4 rings (SSSR count).